The third-order valence-electron chi connectivity index (χ3n) is 3.09. The molecule has 0 aliphatic carbocycles. The van der Waals surface area contributed by atoms with Crippen LogP contribution in [0.1, 0.15) is 0 Å². The molecule has 1 heterocycles. The number of rotatable bonds is 5. The van der Waals surface area contributed by atoms with E-state index in [-0.39, 0.29) is 0 Å². The summed E-state index contributed by atoms with van der Waals surface area (Å²) in [5, 5.41) is 9.31. The van der Waals surface area contributed by atoms with Crippen LogP contribution < -0.4 is 0 Å². The summed E-state index contributed by atoms with van der Waals surface area (Å²) in [6.07, 6.45) is 1.83. The number of thioether (sulfide) groups is 1. The normalized spacial score (nSPS) is 10.4. The fraction of sp³-hybridized carbons (Fsp3) is 0.0556. The molecule has 3 rings (SSSR count). The zero-order valence-corrected chi connectivity index (χ0v) is 12.8. The van der Waals surface area contributed by atoms with Crippen molar-refractivity contribution in [2.24, 2.45) is 0 Å². The molecule has 0 radical (unpaired) electrons. The Morgan fingerprint density at radius 1 is 0.818 bits per heavy atom. The third kappa shape index (κ3) is 3.23. The molecule has 0 bridgehead atoms. The standard InChI is InChI=1S/C18H15N3S/c1-2-13-22-18-19-16(14-9-5-3-6-10-14)17(20-21-18)15-11-7-4-8-12-15/h2-12H,1,13H2. The van der Waals surface area contributed by atoms with Gasteiger partial charge in [0.1, 0.15) is 11.4 Å². The van der Waals surface area contributed by atoms with Crippen LogP contribution in [0.15, 0.2) is 78.5 Å². The maximum atomic E-state index is 4.70. The Morgan fingerprint density at radius 3 is 2.00 bits per heavy atom. The van der Waals surface area contributed by atoms with Gasteiger partial charge in [-0.25, -0.2) is 4.98 Å². The molecule has 0 aliphatic heterocycles. The maximum Gasteiger partial charge on any atom is 0.209 e. The summed E-state index contributed by atoms with van der Waals surface area (Å²) in [6, 6.07) is 20.1. The molecule has 0 saturated heterocycles. The highest BCUT2D eigenvalue weighted by Crippen LogP contribution is 2.29. The van der Waals surface area contributed by atoms with Crippen LogP contribution >= 0.6 is 11.8 Å². The van der Waals surface area contributed by atoms with Crippen LogP contribution in [0, 0.1) is 0 Å². The predicted molar refractivity (Wildman–Crippen MR) is 91.6 cm³/mol. The van der Waals surface area contributed by atoms with Gasteiger partial charge in [0.25, 0.3) is 0 Å². The van der Waals surface area contributed by atoms with Crippen molar-refractivity contribution in [1.29, 1.82) is 0 Å². The summed E-state index contributed by atoms with van der Waals surface area (Å²) in [6.45, 7) is 3.72. The molecular weight excluding hydrogens is 290 g/mol. The van der Waals surface area contributed by atoms with Crippen molar-refractivity contribution in [3.05, 3.63) is 73.3 Å². The summed E-state index contributed by atoms with van der Waals surface area (Å²) >= 11 is 1.53. The summed E-state index contributed by atoms with van der Waals surface area (Å²) < 4.78 is 0. The van der Waals surface area contributed by atoms with Crippen LogP contribution in [-0.4, -0.2) is 20.9 Å². The highest BCUT2D eigenvalue weighted by molar-refractivity contribution is 7.99. The maximum absolute atomic E-state index is 4.70. The molecule has 0 N–H and O–H groups in total. The second-order valence-corrected chi connectivity index (χ2v) is 5.61. The van der Waals surface area contributed by atoms with E-state index in [9.17, 15) is 0 Å². The number of hydrogen-bond acceptors (Lipinski definition) is 4. The Bertz CT molecular complexity index is 758. The number of hydrogen-bond donors (Lipinski definition) is 0. The lowest BCUT2D eigenvalue weighted by Crippen LogP contribution is -1.99. The number of aromatic nitrogens is 3. The van der Waals surface area contributed by atoms with Gasteiger partial charge in [0.05, 0.1) is 0 Å². The second kappa shape index (κ2) is 7.00. The Morgan fingerprint density at radius 2 is 1.41 bits per heavy atom. The van der Waals surface area contributed by atoms with Crippen molar-refractivity contribution in [2.45, 2.75) is 5.16 Å². The Hall–Kier alpha value is -2.46. The molecule has 108 valence electrons. The molecule has 0 unspecified atom stereocenters. The zero-order valence-electron chi connectivity index (χ0n) is 12.0. The van der Waals surface area contributed by atoms with Gasteiger partial charge in [0, 0.05) is 16.9 Å². The minimum absolute atomic E-state index is 0.665. The fourth-order valence-corrected chi connectivity index (χ4v) is 2.61. The average molecular weight is 305 g/mol. The average Bonchev–Trinajstić information content (AvgIpc) is 2.61. The van der Waals surface area contributed by atoms with Gasteiger partial charge in [0.2, 0.25) is 5.16 Å². The molecule has 22 heavy (non-hydrogen) atoms. The molecule has 0 saturated carbocycles. The van der Waals surface area contributed by atoms with Gasteiger partial charge in [-0.1, -0.05) is 78.5 Å². The fourth-order valence-electron chi connectivity index (χ4n) is 2.09. The molecule has 0 fully saturated rings. The lowest BCUT2D eigenvalue weighted by molar-refractivity contribution is 0.851. The van der Waals surface area contributed by atoms with Crippen molar-refractivity contribution in [2.75, 3.05) is 5.75 Å². The summed E-state index contributed by atoms with van der Waals surface area (Å²) in [4.78, 5) is 4.70. The van der Waals surface area contributed by atoms with E-state index in [4.69, 9.17) is 4.98 Å². The van der Waals surface area contributed by atoms with E-state index < -0.39 is 0 Å². The van der Waals surface area contributed by atoms with Crippen LogP contribution in [0.5, 0.6) is 0 Å². The lowest BCUT2D eigenvalue weighted by atomic mass is 10.0. The van der Waals surface area contributed by atoms with Gasteiger partial charge in [0.15, 0.2) is 0 Å². The van der Waals surface area contributed by atoms with Gasteiger partial charge in [-0.05, 0) is 0 Å². The van der Waals surface area contributed by atoms with Crippen molar-refractivity contribution >= 4 is 11.8 Å². The van der Waals surface area contributed by atoms with E-state index in [1.807, 2.05) is 66.7 Å². The lowest BCUT2D eigenvalue weighted by Gasteiger charge is -2.09. The summed E-state index contributed by atoms with van der Waals surface area (Å²) in [5.41, 5.74) is 3.71. The first-order chi connectivity index (χ1) is 10.9. The molecule has 0 amide bonds. The Kier molecular flexibility index (Phi) is 4.61. The largest absolute Gasteiger partial charge is 0.219 e. The minimum Gasteiger partial charge on any atom is -0.219 e. The molecule has 1 aromatic heterocycles. The monoisotopic (exact) mass is 305 g/mol. The highest BCUT2D eigenvalue weighted by atomic mass is 32.2. The SMILES string of the molecule is C=CCSc1nnc(-c2ccccc2)c(-c2ccccc2)n1. The Labute approximate surface area is 134 Å². The molecule has 3 nitrogen and oxygen atoms in total. The van der Waals surface area contributed by atoms with E-state index >= 15 is 0 Å². The molecule has 2 aromatic carbocycles. The van der Waals surface area contributed by atoms with Crippen LogP contribution in [0.25, 0.3) is 22.5 Å². The molecule has 3 aromatic rings. The van der Waals surface area contributed by atoms with Gasteiger partial charge < -0.3 is 0 Å². The highest BCUT2D eigenvalue weighted by Gasteiger charge is 2.13. The van der Waals surface area contributed by atoms with Gasteiger partial charge in [-0.2, -0.15) is 0 Å². The molecule has 0 spiro atoms. The van der Waals surface area contributed by atoms with Crippen molar-refractivity contribution in [3.63, 3.8) is 0 Å². The van der Waals surface area contributed by atoms with E-state index in [2.05, 4.69) is 16.8 Å². The topological polar surface area (TPSA) is 38.7 Å². The second-order valence-electron chi connectivity index (χ2n) is 4.62. The van der Waals surface area contributed by atoms with E-state index in [1.165, 1.54) is 11.8 Å². The smallest absolute Gasteiger partial charge is 0.209 e. The van der Waals surface area contributed by atoms with Crippen LogP contribution in [-0.2, 0) is 0 Å². The first-order valence-corrected chi connectivity index (χ1v) is 7.96. The third-order valence-corrected chi connectivity index (χ3v) is 3.93. The summed E-state index contributed by atoms with van der Waals surface area (Å²) in [7, 11) is 0. The number of benzene rings is 2. The van der Waals surface area contributed by atoms with Crippen LogP contribution in [0.3, 0.4) is 0 Å². The van der Waals surface area contributed by atoms with Gasteiger partial charge in [-0.3, -0.25) is 0 Å². The molecular formula is C18H15N3S. The van der Waals surface area contributed by atoms with Crippen LogP contribution in [0.2, 0.25) is 0 Å². The first-order valence-electron chi connectivity index (χ1n) is 6.98. The van der Waals surface area contributed by atoms with Crippen molar-refractivity contribution < 1.29 is 0 Å². The number of nitrogens with zero attached hydrogens (tertiary/aromatic N) is 3. The van der Waals surface area contributed by atoms with Gasteiger partial charge in [-0.15, -0.1) is 16.8 Å². The van der Waals surface area contributed by atoms with E-state index in [0.717, 1.165) is 28.3 Å². The zero-order chi connectivity index (χ0) is 15.2. The minimum atomic E-state index is 0.665. The van der Waals surface area contributed by atoms with E-state index in [0.29, 0.717) is 5.16 Å². The molecule has 0 atom stereocenters. The van der Waals surface area contributed by atoms with Crippen molar-refractivity contribution in [3.8, 4) is 22.5 Å². The molecule has 0 aliphatic rings. The first kappa shape index (κ1) is 14.5. The summed E-state index contributed by atoms with van der Waals surface area (Å²) in [5.74, 6) is 0.764. The van der Waals surface area contributed by atoms with Crippen LogP contribution in [0.4, 0.5) is 0 Å². The predicted octanol–water partition coefficient (Wildman–Crippen LogP) is 4.48. The molecule has 4 heteroatoms. The van der Waals surface area contributed by atoms with Gasteiger partial charge >= 0.3 is 0 Å². The Balaban J connectivity index is 2.11. The van der Waals surface area contributed by atoms with E-state index in [1.54, 1.807) is 0 Å². The van der Waals surface area contributed by atoms with Crippen molar-refractivity contribution in [1.82, 2.24) is 15.2 Å². The quantitative estimate of drug-likeness (QED) is 0.514.